The third kappa shape index (κ3) is 3.60. The van der Waals surface area contributed by atoms with E-state index in [2.05, 4.69) is 9.71 Å². The number of nitrogens with one attached hydrogen (secondary N) is 1. The zero-order valence-corrected chi connectivity index (χ0v) is 11.2. The molecule has 0 aliphatic heterocycles. The van der Waals surface area contributed by atoms with E-state index in [0.29, 0.717) is 5.56 Å². The third-order valence-electron chi connectivity index (χ3n) is 2.64. The summed E-state index contributed by atoms with van der Waals surface area (Å²) in [7, 11) is -3.90. The van der Waals surface area contributed by atoms with Crippen LogP contribution in [-0.2, 0) is 10.0 Å². The molecule has 1 aromatic carbocycles. The van der Waals surface area contributed by atoms with Gasteiger partial charge in [-0.25, -0.2) is 17.5 Å². The highest BCUT2D eigenvalue weighted by molar-refractivity contribution is 7.89. The van der Waals surface area contributed by atoms with Crippen molar-refractivity contribution in [3.63, 3.8) is 0 Å². The van der Waals surface area contributed by atoms with Gasteiger partial charge >= 0.3 is 0 Å². The molecular weight excluding hydrogens is 283 g/mol. The number of hydrogen-bond acceptors (Lipinski definition) is 4. The van der Waals surface area contributed by atoms with Crippen LogP contribution in [0.25, 0.3) is 0 Å². The van der Waals surface area contributed by atoms with Crippen molar-refractivity contribution in [2.24, 2.45) is 0 Å². The molecule has 2 aromatic rings. The Balaban J connectivity index is 2.07. The van der Waals surface area contributed by atoms with Gasteiger partial charge in [0.05, 0.1) is 12.3 Å². The Bertz CT molecular complexity index is 677. The molecular formula is C13H13FN2O3S. The highest BCUT2D eigenvalue weighted by Gasteiger charge is 2.17. The number of aliphatic hydroxyl groups excluding tert-OH is 1. The fourth-order valence-corrected chi connectivity index (χ4v) is 2.62. The second kappa shape index (κ2) is 6.08. The Morgan fingerprint density at radius 2 is 1.95 bits per heavy atom. The van der Waals surface area contributed by atoms with Crippen molar-refractivity contribution in [2.45, 2.75) is 11.0 Å². The zero-order valence-electron chi connectivity index (χ0n) is 10.4. The first-order valence-corrected chi connectivity index (χ1v) is 7.30. The van der Waals surface area contributed by atoms with Crippen molar-refractivity contribution in [3.05, 3.63) is 60.2 Å². The predicted molar refractivity (Wildman–Crippen MR) is 70.8 cm³/mol. The van der Waals surface area contributed by atoms with Crippen LogP contribution in [0, 0.1) is 5.82 Å². The largest absolute Gasteiger partial charge is 0.387 e. The highest BCUT2D eigenvalue weighted by atomic mass is 32.2. The third-order valence-corrected chi connectivity index (χ3v) is 4.03. The van der Waals surface area contributed by atoms with E-state index in [1.165, 1.54) is 0 Å². The molecule has 0 amide bonds. The summed E-state index contributed by atoms with van der Waals surface area (Å²) in [6, 6.07) is 9.50. The average Bonchev–Trinajstić information content (AvgIpc) is 2.46. The molecule has 1 aromatic heterocycles. The summed E-state index contributed by atoms with van der Waals surface area (Å²) < 4.78 is 39.0. The van der Waals surface area contributed by atoms with Gasteiger partial charge in [-0.2, -0.15) is 0 Å². The van der Waals surface area contributed by atoms with Crippen LogP contribution < -0.4 is 4.72 Å². The van der Waals surface area contributed by atoms with Crippen LogP contribution in [0.2, 0.25) is 0 Å². The lowest BCUT2D eigenvalue weighted by Gasteiger charge is -2.12. The first kappa shape index (κ1) is 14.6. The Morgan fingerprint density at radius 1 is 1.25 bits per heavy atom. The maximum atomic E-state index is 13.0. The number of sulfonamides is 1. The first-order chi connectivity index (χ1) is 9.49. The lowest BCUT2D eigenvalue weighted by Crippen LogP contribution is -2.28. The summed E-state index contributed by atoms with van der Waals surface area (Å²) in [6.45, 7) is -0.205. The fourth-order valence-electron chi connectivity index (χ4n) is 1.60. The maximum Gasteiger partial charge on any atom is 0.242 e. The van der Waals surface area contributed by atoms with Gasteiger partial charge in [0.2, 0.25) is 10.0 Å². The number of hydrogen-bond donors (Lipinski definition) is 2. The molecule has 0 aliphatic carbocycles. The number of nitrogens with zero attached hydrogens (tertiary/aromatic N) is 1. The number of benzene rings is 1. The molecule has 0 bridgehead atoms. The van der Waals surface area contributed by atoms with Crippen LogP contribution in [0.4, 0.5) is 4.39 Å². The van der Waals surface area contributed by atoms with E-state index in [-0.39, 0.29) is 11.4 Å². The van der Waals surface area contributed by atoms with Gasteiger partial charge in [-0.3, -0.25) is 4.98 Å². The van der Waals surface area contributed by atoms with Crippen LogP contribution in [0.15, 0.2) is 53.7 Å². The van der Waals surface area contributed by atoms with Gasteiger partial charge < -0.3 is 5.11 Å². The van der Waals surface area contributed by atoms with E-state index in [9.17, 15) is 17.9 Å². The summed E-state index contributed by atoms with van der Waals surface area (Å²) >= 11 is 0. The van der Waals surface area contributed by atoms with Crippen molar-refractivity contribution in [1.82, 2.24) is 9.71 Å². The molecule has 0 saturated carbocycles. The second-order valence-corrected chi connectivity index (χ2v) is 5.88. The lowest BCUT2D eigenvalue weighted by atomic mass is 10.1. The van der Waals surface area contributed by atoms with Gasteiger partial charge in [-0.15, -0.1) is 0 Å². The number of aromatic nitrogens is 1. The van der Waals surface area contributed by atoms with Crippen molar-refractivity contribution in [1.29, 1.82) is 0 Å². The first-order valence-electron chi connectivity index (χ1n) is 5.82. The Morgan fingerprint density at radius 3 is 2.60 bits per heavy atom. The van der Waals surface area contributed by atoms with Crippen LogP contribution >= 0.6 is 0 Å². The van der Waals surface area contributed by atoms with Gasteiger partial charge in [0.25, 0.3) is 0 Å². The topological polar surface area (TPSA) is 79.3 Å². The molecule has 7 heteroatoms. The van der Waals surface area contributed by atoms with E-state index in [1.807, 2.05) is 0 Å². The monoisotopic (exact) mass is 296 g/mol. The molecule has 2 rings (SSSR count). The van der Waals surface area contributed by atoms with Crippen LogP contribution in [0.1, 0.15) is 11.7 Å². The van der Waals surface area contributed by atoms with E-state index < -0.39 is 21.9 Å². The standard InChI is InChI=1S/C13H13FN2O3S/c14-11-6-12(8-15-7-11)20(18,19)16-9-13(17)10-4-2-1-3-5-10/h1-8,13,16-17H,9H2. The lowest BCUT2D eigenvalue weighted by molar-refractivity contribution is 0.182. The molecule has 1 unspecified atom stereocenters. The molecule has 0 radical (unpaired) electrons. The Hall–Kier alpha value is -1.83. The predicted octanol–water partition coefficient (Wildman–Crippen LogP) is 1.23. The minimum Gasteiger partial charge on any atom is -0.387 e. The maximum absolute atomic E-state index is 13.0. The Labute approximate surface area is 116 Å². The summed E-state index contributed by atoms with van der Waals surface area (Å²) in [6.07, 6.45) is 0.977. The number of halogens is 1. The normalized spacial score (nSPS) is 13.1. The summed E-state index contributed by atoms with van der Waals surface area (Å²) in [5.74, 6) is -0.739. The number of aliphatic hydroxyl groups is 1. The van der Waals surface area contributed by atoms with E-state index >= 15 is 0 Å². The highest BCUT2D eigenvalue weighted by Crippen LogP contribution is 2.13. The number of pyridine rings is 1. The Kier molecular flexibility index (Phi) is 4.43. The van der Waals surface area contributed by atoms with Crippen LogP contribution in [-0.4, -0.2) is 25.1 Å². The number of rotatable bonds is 5. The van der Waals surface area contributed by atoms with E-state index in [0.717, 1.165) is 18.5 Å². The second-order valence-electron chi connectivity index (χ2n) is 4.12. The zero-order chi connectivity index (χ0) is 14.6. The van der Waals surface area contributed by atoms with Crippen molar-refractivity contribution >= 4 is 10.0 Å². The molecule has 0 fully saturated rings. The molecule has 0 aliphatic rings. The molecule has 2 N–H and O–H groups in total. The van der Waals surface area contributed by atoms with E-state index in [4.69, 9.17) is 0 Å². The van der Waals surface area contributed by atoms with Gasteiger partial charge in [-0.1, -0.05) is 30.3 Å². The summed E-state index contributed by atoms with van der Waals surface area (Å²) in [4.78, 5) is 3.20. The van der Waals surface area contributed by atoms with Crippen LogP contribution in [0.5, 0.6) is 0 Å². The molecule has 1 heterocycles. The minimum atomic E-state index is -3.90. The van der Waals surface area contributed by atoms with Gasteiger partial charge in [0.1, 0.15) is 10.7 Å². The smallest absolute Gasteiger partial charge is 0.242 e. The van der Waals surface area contributed by atoms with Gasteiger partial charge in [0, 0.05) is 12.7 Å². The van der Waals surface area contributed by atoms with Crippen LogP contribution in [0.3, 0.4) is 0 Å². The van der Waals surface area contributed by atoms with Gasteiger partial charge in [0.15, 0.2) is 0 Å². The molecule has 0 saturated heterocycles. The summed E-state index contributed by atoms with van der Waals surface area (Å²) in [5, 5.41) is 9.87. The molecule has 5 nitrogen and oxygen atoms in total. The SMILES string of the molecule is O=S(=O)(NCC(O)c1ccccc1)c1cncc(F)c1. The molecule has 20 heavy (non-hydrogen) atoms. The fraction of sp³-hybridized carbons (Fsp3) is 0.154. The van der Waals surface area contributed by atoms with Gasteiger partial charge in [-0.05, 0) is 11.6 Å². The van der Waals surface area contributed by atoms with Crippen molar-refractivity contribution < 1.29 is 17.9 Å². The quantitative estimate of drug-likeness (QED) is 0.870. The molecule has 0 spiro atoms. The van der Waals surface area contributed by atoms with Crippen molar-refractivity contribution in [3.8, 4) is 0 Å². The average molecular weight is 296 g/mol. The minimum absolute atomic E-state index is 0.205. The molecule has 1 atom stereocenters. The van der Waals surface area contributed by atoms with E-state index in [1.54, 1.807) is 30.3 Å². The molecule has 106 valence electrons. The summed E-state index contributed by atoms with van der Waals surface area (Å²) in [5.41, 5.74) is 0.590. The van der Waals surface area contributed by atoms with Crippen molar-refractivity contribution in [2.75, 3.05) is 6.54 Å².